The molecule has 5 aromatic carbocycles. The quantitative estimate of drug-likeness (QED) is 0.161. The number of fused-ring (bicyclic) bond motifs is 4. The summed E-state index contributed by atoms with van der Waals surface area (Å²) < 4.78 is 0. The zero-order valence-corrected chi connectivity index (χ0v) is 34.2. The number of rotatable bonds is 2. The van der Waals surface area contributed by atoms with Crippen LogP contribution in [0.2, 0.25) is 0 Å². The summed E-state index contributed by atoms with van der Waals surface area (Å²) >= 11 is 0. The molecule has 0 N–H and O–H groups in total. The molecule has 278 valence electrons. The average molecular weight is 728 g/mol. The molecule has 4 atom stereocenters. The van der Waals surface area contributed by atoms with Gasteiger partial charge in [-0.3, -0.25) is 0 Å². The minimum atomic E-state index is 0.213. The van der Waals surface area contributed by atoms with Crippen LogP contribution in [0.15, 0.2) is 72.8 Å². The number of hydrogen-bond acceptors (Lipinski definition) is 1. The molecule has 2 heterocycles. The van der Waals surface area contributed by atoms with Crippen molar-refractivity contribution in [1.29, 1.82) is 0 Å². The zero-order valence-electron chi connectivity index (χ0n) is 34.2. The molecule has 0 radical (unpaired) electrons. The highest BCUT2D eigenvalue weighted by molar-refractivity contribution is 7.02. The third-order valence-electron chi connectivity index (χ3n) is 16.9. The van der Waals surface area contributed by atoms with E-state index in [4.69, 9.17) is 0 Å². The summed E-state index contributed by atoms with van der Waals surface area (Å²) in [4.78, 5) is 2.87. The van der Waals surface area contributed by atoms with E-state index >= 15 is 0 Å². The number of nitrogens with zero attached hydrogens (tertiary/aromatic N) is 1. The van der Waals surface area contributed by atoms with Crippen molar-refractivity contribution in [1.82, 2.24) is 0 Å². The van der Waals surface area contributed by atoms with Crippen LogP contribution in [-0.4, -0.2) is 13.4 Å². The topological polar surface area (TPSA) is 3.24 Å². The molecular formula is C53H55B2N. The summed E-state index contributed by atoms with van der Waals surface area (Å²) in [6.45, 7) is 12.0. The number of aryl methyl sites for hydroxylation is 5. The van der Waals surface area contributed by atoms with E-state index in [9.17, 15) is 0 Å². The summed E-state index contributed by atoms with van der Waals surface area (Å²) in [6, 6.07) is 31.3. The van der Waals surface area contributed by atoms with Crippen LogP contribution in [0.1, 0.15) is 138 Å². The summed E-state index contributed by atoms with van der Waals surface area (Å²) in [5.41, 5.74) is 27.4. The van der Waals surface area contributed by atoms with Crippen LogP contribution in [0.25, 0.3) is 0 Å². The van der Waals surface area contributed by atoms with Gasteiger partial charge in [0.1, 0.15) is 0 Å². The van der Waals surface area contributed by atoms with Gasteiger partial charge in [-0.1, -0.05) is 99.4 Å². The van der Waals surface area contributed by atoms with E-state index in [-0.39, 0.29) is 13.4 Å². The van der Waals surface area contributed by atoms with Crippen molar-refractivity contribution in [2.24, 2.45) is 23.7 Å². The van der Waals surface area contributed by atoms with E-state index in [1.54, 1.807) is 33.2 Å². The third-order valence-corrected chi connectivity index (χ3v) is 16.9. The first kappa shape index (κ1) is 33.0. The van der Waals surface area contributed by atoms with Crippen LogP contribution >= 0.6 is 0 Å². The molecule has 1 nitrogen and oxygen atoms in total. The van der Waals surface area contributed by atoms with Crippen molar-refractivity contribution in [2.75, 3.05) is 4.90 Å². The Morgan fingerprint density at radius 1 is 0.357 bits per heavy atom. The maximum atomic E-state index is 2.87. The normalized spacial score (nSPS) is 29.4. The van der Waals surface area contributed by atoms with Gasteiger partial charge >= 0.3 is 0 Å². The summed E-state index contributed by atoms with van der Waals surface area (Å²) in [7, 11) is 0. The first-order valence-electron chi connectivity index (χ1n) is 22.7. The highest BCUT2D eigenvalue weighted by Crippen LogP contribution is 2.59. The molecule has 4 saturated carbocycles. The van der Waals surface area contributed by atoms with Crippen molar-refractivity contribution in [3.05, 3.63) is 123 Å². The summed E-state index contributed by atoms with van der Waals surface area (Å²) in [5, 5.41) is 0. The molecule has 0 saturated heterocycles. The first-order valence-corrected chi connectivity index (χ1v) is 22.7. The molecule has 56 heavy (non-hydrogen) atoms. The van der Waals surface area contributed by atoms with Gasteiger partial charge in [0.25, 0.3) is 0 Å². The Bertz CT molecular complexity index is 2310. The maximum Gasteiger partial charge on any atom is 0.246 e. The fraction of sp³-hybridized carbons (Fsp3) is 0.434. The Labute approximate surface area is 335 Å². The molecule has 3 heteroatoms. The molecule has 8 bridgehead atoms. The minimum Gasteiger partial charge on any atom is -0.313 e. The Kier molecular flexibility index (Phi) is 6.83. The van der Waals surface area contributed by atoms with E-state index in [0.717, 1.165) is 47.3 Å². The summed E-state index contributed by atoms with van der Waals surface area (Å²) in [5.74, 6) is 6.55. The summed E-state index contributed by atoms with van der Waals surface area (Å²) in [6.07, 6.45) is 14.2. The molecule has 10 aliphatic rings. The van der Waals surface area contributed by atoms with Crippen molar-refractivity contribution >= 4 is 63.3 Å². The van der Waals surface area contributed by atoms with Crippen LogP contribution in [0.5, 0.6) is 0 Å². The highest BCUT2D eigenvalue weighted by Gasteiger charge is 2.49. The molecule has 4 unspecified atom stereocenters. The molecule has 0 amide bonds. The largest absolute Gasteiger partial charge is 0.313 e. The molecule has 2 aliphatic heterocycles. The van der Waals surface area contributed by atoms with Gasteiger partial charge < -0.3 is 4.90 Å². The lowest BCUT2D eigenvalue weighted by atomic mass is 9.30. The second-order valence-corrected chi connectivity index (χ2v) is 21.0. The van der Waals surface area contributed by atoms with Crippen molar-refractivity contribution in [3.8, 4) is 0 Å². The monoisotopic (exact) mass is 727 g/mol. The van der Waals surface area contributed by atoms with Crippen molar-refractivity contribution < 1.29 is 0 Å². The van der Waals surface area contributed by atoms with Crippen LogP contribution < -0.4 is 37.7 Å². The van der Waals surface area contributed by atoms with Gasteiger partial charge in [-0.25, -0.2) is 0 Å². The molecule has 0 aromatic heterocycles. The second kappa shape index (κ2) is 11.6. The lowest BCUT2D eigenvalue weighted by molar-refractivity contribution is 0.165. The molecule has 5 aromatic rings. The van der Waals surface area contributed by atoms with Gasteiger partial charge in [-0.2, -0.15) is 0 Å². The van der Waals surface area contributed by atoms with E-state index in [2.05, 4.69) is 112 Å². The molecule has 4 fully saturated rings. The molecular weight excluding hydrogens is 672 g/mol. The first-order chi connectivity index (χ1) is 27.2. The van der Waals surface area contributed by atoms with E-state index < -0.39 is 0 Å². The number of anilines is 3. The van der Waals surface area contributed by atoms with Crippen molar-refractivity contribution in [3.63, 3.8) is 0 Å². The van der Waals surface area contributed by atoms with Crippen LogP contribution in [0.4, 0.5) is 17.1 Å². The lowest BCUT2D eigenvalue weighted by Crippen LogP contribution is -2.65. The maximum absolute atomic E-state index is 2.87. The van der Waals surface area contributed by atoms with Gasteiger partial charge in [0.2, 0.25) is 13.4 Å². The van der Waals surface area contributed by atoms with Gasteiger partial charge in [-0.15, -0.1) is 0 Å². The van der Waals surface area contributed by atoms with Gasteiger partial charge in [0.05, 0.1) is 0 Å². The Balaban J connectivity index is 1.14. The molecule has 8 aliphatic carbocycles. The smallest absolute Gasteiger partial charge is 0.246 e. The van der Waals surface area contributed by atoms with Gasteiger partial charge in [0.15, 0.2) is 0 Å². The SMILES string of the molecule is Cc1cc(C)cc(B2c3cc4c(cc3N3c5cc6c(cc5B(c5cc(C)cc(C)c5)c5cc(C)cc2c53)C2CC3CC(C2)CC6C3)C2CC3CC(CC4C3)C2)c1. The minimum absolute atomic E-state index is 0.213. The molecule has 0 spiro atoms. The standard InChI is InChI=1S/C53H55B2N/c1-28-6-29(2)9-41(8-28)54-47-24-43-37-16-33-14-34(17-37)21-39(20-33)45(43)26-51(47)56-52-27-46-40-22-35-15-36(23-40)19-38(18-35)44(46)25-48(52)55(42-10-30(3)7-31(4)11-42)50-13-32(5)12-49(54)53(50)56/h6-13,24-27,33-40H,14-23H2,1-5H3. The zero-order chi connectivity index (χ0) is 37.3. The van der Waals surface area contributed by atoms with Gasteiger partial charge in [0, 0.05) is 17.1 Å². The highest BCUT2D eigenvalue weighted by atomic mass is 15.2. The van der Waals surface area contributed by atoms with E-state index in [1.807, 2.05) is 0 Å². The average Bonchev–Trinajstić information content (AvgIpc) is 3.41. The second-order valence-electron chi connectivity index (χ2n) is 21.0. The number of benzene rings is 5. The fourth-order valence-electron chi connectivity index (χ4n) is 15.6. The van der Waals surface area contributed by atoms with Crippen LogP contribution in [-0.2, 0) is 0 Å². The Hall–Kier alpha value is -3.97. The van der Waals surface area contributed by atoms with Gasteiger partial charge in [-0.05, 0) is 202 Å². The van der Waals surface area contributed by atoms with E-state index in [0.29, 0.717) is 0 Å². The Morgan fingerprint density at radius 2 is 0.679 bits per heavy atom. The van der Waals surface area contributed by atoms with E-state index in [1.165, 1.54) is 131 Å². The van der Waals surface area contributed by atoms with Crippen molar-refractivity contribution in [2.45, 2.75) is 122 Å². The Morgan fingerprint density at radius 3 is 1.04 bits per heavy atom. The predicted molar refractivity (Wildman–Crippen MR) is 238 cm³/mol. The van der Waals surface area contributed by atoms with Crippen LogP contribution in [0.3, 0.4) is 0 Å². The lowest BCUT2D eigenvalue weighted by Gasteiger charge is -2.45. The molecule has 15 rings (SSSR count). The fourth-order valence-corrected chi connectivity index (χ4v) is 15.6. The number of hydrogen-bond donors (Lipinski definition) is 0. The predicted octanol–water partition coefficient (Wildman–Crippen LogP) is 9.14. The third kappa shape index (κ3) is 4.70. The van der Waals surface area contributed by atoms with Crippen LogP contribution in [0, 0.1) is 58.3 Å².